The average molecular weight is 274 g/mol. The number of aromatic nitrogens is 2. The van der Waals surface area contributed by atoms with Gasteiger partial charge in [-0.05, 0) is 45.9 Å². The van der Waals surface area contributed by atoms with E-state index in [9.17, 15) is 4.79 Å². The van der Waals surface area contributed by atoms with Crippen LogP contribution in [0.2, 0.25) is 0 Å². The number of likely N-dealkylation sites (N-methyl/N-ethyl adjacent to an activating group) is 1. The molecule has 0 aliphatic carbocycles. The number of aryl methyl sites for hydroxylation is 1. The van der Waals surface area contributed by atoms with Gasteiger partial charge in [0.1, 0.15) is 11.9 Å². The Balaban J connectivity index is 2.46. The van der Waals surface area contributed by atoms with E-state index < -0.39 is 0 Å². The summed E-state index contributed by atoms with van der Waals surface area (Å²) in [5, 5.41) is 0. The molecule has 0 bridgehead atoms. The van der Waals surface area contributed by atoms with E-state index in [1.807, 2.05) is 55.4 Å². The molecular weight excluding hydrogens is 252 g/mol. The largest absolute Gasteiger partial charge is 0.399 e. The standard InChI is InChI=1S/C15H22N4O/c1-5-18(6-2)15(20)10(3)19-11(4)17-13-9-12(16)7-8-14(13)19/h7-10H,5-6,16H2,1-4H3. The van der Waals surface area contributed by atoms with Crippen molar-refractivity contribution in [2.45, 2.75) is 33.7 Å². The number of carbonyl (C=O) groups is 1. The van der Waals surface area contributed by atoms with Crippen molar-refractivity contribution in [3.8, 4) is 0 Å². The highest BCUT2D eigenvalue weighted by atomic mass is 16.2. The van der Waals surface area contributed by atoms with E-state index in [0.29, 0.717) is 5.69 Å². The van der Waals surface area contributed by atoms with Crippen molar-refractivity contribution in [2.75, 3.05) is 18.8 Å². The molecule has 5 nitrogen and oxygen atoms in total. The summed E-state index contributed by atoms with van der Waals surface area (Å²) < 4.78 is 1.98. The van der Waals surface area contributed by atoms with Crippen LogP contribution in [0.3, 0.4) is 0 Å². The number of hydrogen-bond acceptors (Lipinski definition) is 3. The first-order valence-corrected chi connectivity index (χ1v) is 7.02. The Kier molecular flexibility index (Phi) is 3.97. The maximum absolute atomic E-state index is 12.5. The molecule has 0 saturated carbocycles. The van der Waals surface area contributed by atoms with Crippen LogP contribution in [0.25, 0.3) is 11.0 Å². The van der Waals surface area contributed by atoms with Crippen molar-refractivity contribution in [3.05, 3.63) is 24.0 Å². The van der Waals surface area contributed by atoms with Crippen molar-refractivity contribution in [1.29, 1.82) is 0 Å². The van der Waals surface area contributed by atoms with E-state index in [0.717, 1.165) is 29.9 Å². The van der Waals surface area contributed by atoms with E-state index in [4.69, 9.17) is 5.73 Å². The van der Waals surface area contributed by atoms with Crippen LogP contribution in [-0.4, -0.2) is 33.4 Å². The fourth-order valence-corrected chi connectivity index (χ4v) is 2.64. The fraction of sp³-hybridized carbons (Fsp3) is 0.467. The van der Waals surface area contributed by atoms with E-state index in [1.54, 1.807) is 0 Å². The van der Waals surface area contributed by atoms with E-state index in [-0.39, 0.29) is 11.9 Å². The molecule has 0 saturated heterocycles. The monoisotopic (exact) mass is 274 g/mol. The minimum Gasteiger partial charge on any atom is -0.399 e. The molecular formula is C15H22N4O. The van der Waals surface area contributed by atoms with Crippen LogP contribution in [0.15, 0.2) is 18.2 Å². The molecule has 0 fully saturated rings. The quantitative estimate of drug-likeness (QED) is 0.870. The van der Waals surface area contributed by atoms with Gasteiger partial charge in [0.15, 0.2) is 0 Å². The second kappa shape index (κ2) is 5.53. The van der Waals surface area contributed by atoms with Gasteiger partial charge in [-0.3, -0.25) is 4.79 Å². The van der Waals surface area contributed by atoms with Crippen LogP contribution in [0.1, 0.15) is 32.6 Å². The molecule has 20 heavy (non-hydrogen) atoms. The summed E-state index contributed by atoms with van der Waals surface area (Å²) in [5.41, 5.74) is 8.25. The third-order valence-electron chi connectivity index (χ3n) is 3.71. The van der Waals surface area contributed by atoms with Gasteiger partial charge in [-0.15, -0.1) is 0 Å². The second-order valence-corrected chi connectivity index (χ2v) is 4.96. The van der Waals surface area contributed by atoms with Crippen LogP contribution in [-0.2, 0) is 4.79 Å². The van der Waals surface area contributed by atoms with Crippen molar-refractivity contribution >= 4 is 22.6 Å². The normalized spacial score (nSPS) is 12.6. The van der Waals surface area contributed by atoms with Gasteiger partial charge >= 0.3 is 0 Å². The summed E-state index contributed by atoms with van der Waals surface area (Å²) in [7, 11) is 0. The zero-order chi connectivity index (χ0) is 14.9. The lowest BCUT2D eigenvalue weighted by Gasteiger charge is -2.24. The highest BCUT2D eigenvalue weighted by molar-refractivity contribution is 5.85. The maximum Gasteiger partial charge on any atom is 0.245 e. The van der Waals surface area contributed by atoms with Crippen LogP contribution in [0, 0.1) is 6.92 Å². The molecule has 0 aliphatic heterocycles. The van der Waals surface area contributed by atoms with Crippen LogP contribution in [0.5, 0.6) is 0 Å². The zero-order valence-electron chi connectivity index (χ0n) is 12.6. The van der Waals surface area contributed by atoms with Gasteiger partial charge in [-0.1, -0.05) is 0 Å². The first-order valence-electron chi connectivity index (χ1n) is 7.02. The van der Waals surface area contributed by atoms with Crippen molar-refractivity contribution < 1.29 is 4.79 Å². The van der Waals surface area contributed by atoms with E-state index in [1.165, 1.54) is 0 Å². The molecule has 0 aliphatic rings. The van der Waals surface area contributed by atoms with Gasteiger partial charge < -0.3 is 15.2 Å². The molecule has 108 valence electrons. The van der Waals surface area contributed by atoms with Crippen LogP contribution < -0.4 is 5.73 Å². The Hall–Kier alpha value is -2.04. The second-order valence-electron chi connectivity index (χ2n) is 4.96. The smallest absolute Gasteiger partial charge is 0.245 e. The molecule has 2 aromatic rings. The molecule has 0 radical (unpaired) electrons. The molecule has 2 rings (SSSR count). The Morgan fingerprint density at radius 3 is 2.65 bits per heavy atom. The summed E-state index contributed by atoms with van der Waals surface area (Å²) in [6, 6.07) is 5.35. The number of benzene rings is 1. The number of imidazole rings is 1. The van der Waals surface area contributed by atoms with E-state index >= 15 is 0 Å². The highest BCUT2D eigenvalue weighted by Crippen LogP contribution is 2.23. The van der Waals surface area contributed by atoms with Gasteiger partial charge in [-0.25, -0.2) is 4.98 Å². The summed E-state index contributed by atoms with van der Waals surface area (Å²) in [6.45, 7) is 9.27. The predicted octanol–water partition coefficient (Wildman–Crippen LogP) is 2.36. The summed E-state index contributed by atoms with van der Waals surface area (Å²) in [5.74, 6) is 0.952. The molecule has 1 aromatic carbocycles. The molecule has 0 spiro atoms. The highest BCUT2D eigenvalue weighted by Gasteiger charge is 2.23. The molecule has 5 heteroatoms. The zero-order valence-corrected chi connectivity index (χ0v) is 12.6. The molecule has 1 unspecified atom stereocenters. The lowest BCUT2D eigenvalue weighted by molar-refractivity contribution is -0.133. The molecule has 2 N–H and O–H groups in total. The molecule has 1 aromatic heterocycles. The Bertz CT molecular complexity index is 628. The number of nitrogens with zero attached hydrogens (tertiary/aromatic N) is 3. The number of nitrogen functional groups attached to an aromatic ring is 1. The first-order chi connectivity index (χ1) is 9.49. The third-order valence-corrected chi connectivity index (χ3v) is 3.71. The molecule has 1 heterocycles. The lowest BCUT2D eigenvalue weighted by atomic mass is 10.2. The molecule has 1 amide bonds. The minimum absolute atomic E-state index is 0.120. The van der Waals surface area contributed by atoms with Gasteiger partial charge in [0.2, 0.25) is 5.91 Å². The number of anilines is 1. The van der Waals surface area contributed by atoms with Crippen LogP contribution >= 0.6 is 0 Å². The minimum atomic E-state index is -0.261. The van der Waals surface area contributed by atoms with Crippen molar-refractivity contribution in [2.24, 2.45) is 0 Å². The average Bonchev–Trinajstić information content (AvgIpc) is 2.74. The van der Waals surface area contributed by atoms with Crippen molar-refractivity contribution in [3.63, 3.8) is 0 Å². The Morgan fingerprint density at radius 1 is 1.40 bits per heavy atom. The number of amides is 1. The topological polar surface area (TPSA) is 64.2 Å². The van der Waals surface area contributed by atoms with Gasteiger partial charge in [0.05, 0.1) is 11.0 Å². The lowest BCUT2D eigenvalue weighted by Crippen LogP contribution is -2.36. The summed E-state index contributed by atoms with van der Waals surface area (Å²) >= 11 is 0. The van der Waals surface area contributed by atoms with Gasteiger partial charge in [-0.2, -0.15) is 0 Å². The molecule has 1 atom stereocenters. The number of carbonyl (C=O) groups excluding carboxylic acids is 1. The fourth-order valence-electron chi connectivity index (χ4n) is 2.64. The Morgan fingerprint density at radius 2 is 2.05 bits per heavy atom. The van der Waals surface area contributed by atoms with Crippen molar-refractivity contribution in [1.82, 2.24) is 14.5 Å². The summed E-state index contributed by atoms with van der Waals surface area (Å²) in [6.07, 6.45) is 0. The van der Waals surface area contributed by atoms with Gasteiger partial charge in [0, 0.05) is 18.8 Å². The number of rotatable bonds is 4. The number of hydrogen-bond donors (Lipinski definition) is 1. The predicted molar refractivity (Wildman–Crippen MR) is 81.5 cm³/mol. The van der Waals surface area contributed by atoms with Gasteiger partial charge in [0.25, 0.3) is 0 Å². The first kappa shape index (κ1) is 14.4. The number of nitrogens with two attached hydrogens (primary N) is 1. The van der Waals surface area contributed by atoms with Crippen LogP contribution in [0.4, 0.5) is 5.69 Å². The third kappa shape index (κ3) is 2.35. The number of fused-ring (bicyclic) bond motifs is 1. The Labute approximate surface area is 119 Å². The summed E-state index contributed by atoms with van der Waals surface area (Å²) in [4.78, 5) is 18.9. The van der Waals surface area contributed by atoms with E-state index in [2.05, 4.69) is 4.98 Å². The SMILES string of the molecule is CCN(CC)C(=O)C(C)n1c(C)nc2cc(N)ccc21. The maximum atomic E-state index is 12.5.